The van der Waals surface area contributed by atoms with Gasteiger partial charge in [0, 0.05) is 0 Å². The van der Waals surface area contributed by atoms with Crippen molar-refractivity contribution in [3.63, 3.8) is 0 Å². The summed E-state index contributed by atoms with van der Waals surface area (Å²) in [6.45, 7) is 4.85. The van der Waals surface area contributed by atoms with Crippen molar-refractivity contribution < 1.29 is 0 Å². The average molecular weight is 380 g/mol. The van der Waals surface area contributed by atoms with Gasteiger partial charge in [-0.05, 0) is 0 Å². The van der Waals surface area contributed by atoms with Crippen LogP contribution in [0.2, 0.25) is 40.8 Å². The summed E-state index contributed by atoms with van der Waals surface area (Å²) in [6.07, 6.45) is 4.60. The number of hydrogen-bond donors (Lipinski definition) is 0. The van der Waals surface area contributed by atoms with Crippen molar-refractivity contribution in [3.05, 3.63) is 0 Å². The van der Waals surface area contributed by atoms with E-state index in [1.54, 1.807) is 16.1 Å². The van der Waals surface area contributed by atoms with Crippen LogP contribution in [0.15, 0.2) is 0 Å². The molecule has 0 saturated heterocycles. The fourth-order valence-electron chi connectivity index (χ4n) is 1.99. The van der Waals surface area contributed by atoms with E-state index in [0.29, 0.717) is 0 Å². The van der Waals surface area contributed by atoms with E-state index in [1.807, 2.05) is 0 Å². The van der Waals surface area contributed by atoms with Crippen LogP contribution in [0.1, 0.15) is 33.1 Å². The van der Waals surface area contributed by atoms with E-state index in [-0.39, 0.29) is 0 Å². The van der Waals surface area contributed by atoms with Gasteiger partial charge in [-0.2, -0.15) is 0 Å². The summed E-state index contributed by atoms with van der Waals surface area (Å²) in [5.41, 5.74) is 0. The Bertz CT molecular complexity index is 156. The molecule has 0 spiro atoms. The van der Waals surface area contributed by atoms with Crippen molar-refractivity contribution in [1.29, 1.82) is 0 Å². The van der Waals surface area contributed by atoms with Crippen LogP contribution in [0.5, 0.6) is 0 Å². The molecule has 0 aliphatic carbocycles. The Morgan fingerprint density at radius 3 is 1.80 bits per heavy atom. The van der Waals surface area contributed by atoms with Crippen LogP contribution in [0.25, 0.3) is 0 Å². The second-order valence-corrected chi connectivity index (χ2v) is 34.3. The van der Waals surface area contributed by atoms with Crippen molar-refractivity contribution in [2.24, 2.45) is 0 Å². The molecule has 0 radical (unpaired) electrons. The fourth-order valence-corrected chi connectivity index (χ4v) is 10.6. The summed E-state index contributed by atoms with van der Waals surface area (Å²) in [7, 11) is 0. The zero-order valence-corrected chi connectivity index (χ0v) is 16.9. The van der Waals surface area contributed by atoms with Gasteiger partial charge in [0.25, 0.3) is 0 Å². The van der Waals surface area contributed by atoms with Crippen molar-refractivity contribution in [1.82, 2.24) is 0 Å². The first-order chi connectivity index (χ1) is 6.83. The molecule has 0 atom stereocenters. The van der Waals surface area contributed by atoms with Crippen molar-refractivity contribution in [2.75, 3.05) is 0 Å². The molecule has 0 N–H and O–H groups in total. The van der Waals surface area contributed by atoms with E-state index < -0.39 is 31.6 Å². The summed E-state index contributed by atoms with van der Waals surface area (Å²) in [4.78, 5) is 7.69. The standard InChI is InChI=1S/C10H23Ge.3CH3.Sn/c1-5-8-9-10-11(4,6-2)7-3;;;;/h1,5-10H2,2-4H3;3*1H3;. The molecule has 0 unspecified atom stereocenters. The van der Waals surface area contributed by atoms with E-state index in [1.165, 1.54) is 23.3 Å². The van der Waals surface area contributed by atoms with Crippen LogP contribution in [0.3, 0.4) is 0 Å². The molecule has 0 nitrogen and oxygen atoms in total. The Kier molecular flexibility index (Phi) is 8.31. The Morgan fingerprint density at radius 1 is 0.867 bits per heavy atom. The normalized spacial score (nSPS) is 13.2. The Morgan fingerprint density at radius 2 is 1.40 bits per heavy atom. The van der Waals surface area contributed by atoms with Crippen LogP contribution in [-0.2, 0) is 0 Å². The molecule has 0 saturated carbocycles. The Hall–Kier alpha value is 1.34. The molecular weight excluding hydrogens is 347 g/mol. The second kappa shape index (κ2) is 7.63. The zero-order valence-electron chi connectivity index (χ0n) is 11.9. The Balaban J connectivity index is 3.54. The van der Waals surface area contributed by atoms with Gasteiger partial charge < -0.3 is 0 Å². The van der Waals surface area contributed by atoms with Gasteiger partial charge in [0.15, 0.2) is 0 Å². The van der Waals surface area contributed by atoms with Crippen molar-refractivity contribution in [2.45, 2.75) is 73.9 Å². The van der Waals surface area contributed by atoms with Gasteiger partial charge in [-0.25, -0.2) is 0 Å². The topological polar surface area (TPSA) is 0 Å². The summed E-state index contributed by atoms with van der Waals surface area (Å²) in [6, 6.07) is 0. The summed E-state index contributed by atoms with van der Waals surface area (Å²) in [5, 5.41) is 4.71. The quantitative estimate of drug-likeness (QED) is 0.379. The third kappa shape index (κ3) is 9.08. The molecule has 0 aliphatic rings. The molecule has 0 fully saturated rings. The van der Waals surface area contributed by atoms with Crippen LogP contribution in [0.4, 0.5) is 0 Å². The molecule has 0 heterocycles. The van der Waals surface area contributed by atoms with Crippen LogP contribution in [-0.4, -0.2) is 31.6 Å². The molecule has 0 aliphatic heterocycles. The van der Waals surface area contributed by atoms with Crippen LogP contribution >= 0.6 is 0 Å². The molecule has 0 rings (SSSR count). The van der Waals surface area contributed by atoms with Gasteiger partial charge in [-0.15, -0.1) is 0 Å². The van der Waals surface area contributed by atoms with E-state index in [9.17, 15) is 0 Å². The summed E-state index contributed by atoms with van der Waals surface area (Å²) >= 11 is -2.69. The van der Waals surface area contributed by atoms with Crippen molar-refractivity contribution >= 4 is 31.6 Å². The monoisotopic (exact) mass is 382 g/mol. The van der Waals surface area contributed by atoms with Gasteiger partial charge in [0.1, 0.15) is 0 Å². The second-order valence-electron chi connectivity index (χ2n) is 6.64. The number of unbranched alkanes of at least 4 members (excludes halogenated alkanes) is 2. The third-order valence-corrected chi connectivity index (χ3v) is 19.6. The van der Waals surface area contributed by atoms with Gasteiger partial charge >= 0.3 is 106 Å². The van der Waals surface area contributed by atoms with Crippen molar-refractivity contribution in [3.8, 4) is 0 Å². The first-order valence-electron chi connectivity index (χ1n) is 6.83. The minimum absolute atomic E-state index is 1.27. The van der Waals surface area contributed by atoms with E-state index in [4.69, 9.17) is 0 Å². The van der Waals surface area contributed by atoms with Gasteiger partial charge in [-0.3, -0.25) is 0 Å². The number of hydrogen-bond acceptors (Lipinski definition) is 0. The molecule has 92 valence electrons. The molecule has 0 bridgehead atoms. The van der Waals surface area contributed by atoms with E-state index in [0.717, 1.165) is 0 Å². The molecule has 2 heteroatoms. The summed E-state index contributed by atoms with van der Waals surface area (Å²) in [5.74, 6) is 2.64. The minimum atomic E-state index is -1.42. The number of rotatable bonds is 8. The maximum absolute atomic E-state index is 2.64. The van der Waals surface area contributed by atoms with E-state index in [2.05, 4.69) is 34.4 Å². The predicted octanol–water partition coefficient (Wildman–Crippen LogP) is 5.61. The third-order valence-electron chi connectivity index (χ3n) is 3.91. The van der Waals surface area contributed by atoms with Crippen LogP contribution < -0.4 is 0 Å². The maximum atomic E-state index is 2.64. The molecule has 0 aromatic heterocycles. The molecule has 0 aromatic rings. The first-order valence-corrected chi connectivity index (χ1v) is 24.0. The average Bonchev–Trinajstić information content (AvgIpc) is 2.15. The van der Waals surface area contributed by atoms with Gasteiger partial charge in [0.05, 0.1) is 0 Å². The molecule has 0 amide bonds. The summed E-state index contributed by atoms with van der Waals surface area (Å²) < 4.78 is 1.61. The van der Waals surface area contributed by atoms with Gasteiger partial charge in [-0.1, -0.05) is 0 Å². The first kappa shape index (κ1) is 16.3. The fraction of sp³-hybridized carbons (Fsp3) is 1.00. The SMILES string of the molecule is C[CH2][Ge]([CH3])([CH2]C)[CH2]CCC[CH2][Sn]([CH3])([CH3])[CH3]. The molecule has 15 heavy (non-hydrogen) atoms. The van der Waals surface area contributed by atoms with Crippen LogP contribution in [0, 0.1) is 0 Å². The Labute approximate surface area is 105 Å². The predicted molar refractivity (Wildman–Crippen MR) is 79.4 cm³/mol. The van der Waals surface area contributed by atoms with E-state index >= 15 is 0 Å². The van der Waals surface area contributed by atoms with Gasteiger partial charge in [0.2, 0.25) is 0 Å². The zero-order chi connectivity index (χ0) is 11.9. The molecular formula is C13H32GeSn. The molecule has 0 aromatic carbocycles.